The molecule has 0 radical (unpaired) electrons. The number of benzene rings is 1. The summed E-state index contributed by atoms with van der Waals surface area (Å²) in [5, 5.41) is 3.02. The molecule has 1 aromatic rings. The van der Waals surface area contributed by atoms with Crippen molar-refractivity contribution in [3.63, 3.8) is 0 Å². The van der Waals surface area contributed by atoms with Crippen molar-refractivity contribution in [3.05, 3.63) is 29.0 Å². The second kappa shape index (κ2) is 9.49. The quantitative estimate of drug-likeness (QED) is 0.698. The Labute approximate surface area is 129 Å². The van der Waals surface area contributed by atoms with Crippen molar-refractivity contribution in [3.8, 4) is 0 Å². The van der Waals surface area contributed by atoms with Gasteiger partial charge in [-0.15, -0.1) is 12.4 Å². The summed E-state index contributed by atoms with van der Waals surface area (Å²) < 4.78 is 43.9. The van der Waals surface area contributed by atoms with E-state index in [1.165, 1.54) is 6.07 Å². The number of hydrogen-bond donors (Lipinski definition) is 2. The Kier molecular flexibility index (Phi) is 9.28. The van der Waals surface area contributed by atoms with Crippen LogP contribution in [0.4, 0.5) is 4.39 Å². The van der Waals surface area contributed by atoms with Gasteiger partial charge in [-0.1, -0.05) is 11.6 Å². The van der Waals surface area contributed by atoms with Gasteiger partial charge in [0.05, 0.1) is 11.5 Å². The maximum atomic E-state index is 13.1. The fraction of sp³-hybridized carbons (Fsp3) is 0.455. The molecule has 2 N–H and O–H groups in total. The van der Waals surface area contributed by atoms with Gasteiger partial charge in [-0.25, -0.2) is 17.5 Å². The molecule has 0 aliphatic heterocycles. The fourth-order valence-electron chi connectivity index (χ4n) is 1.34. The molecule has 0 unspecified atom stereocenters. The molecule has 0 saturated carbocycles. The van der Waals surface area contributed by atoms with E-state index in [-0.39, 0.29) is 28.9 Å². The van der Waals surface area contributed by atoms with E-state index in [0.717, 1.165) is 12.1 Å². The third-order valence-electron chi connectivity index (χ3n) is 2.22. The Hall–Kier alpha value is -0.440. The van der Waals surface area contributed by atoms with Crippen LogP contribution in [0, 0.1) is 5.82 Å². The number of sulfonamides is 1. The number of nitrogens with one attached hydrogen (secondary N) is 2. The lowest BCUT2D eigenvalue weighted by atomic mass is 10.3. The van der Waals surface area contributed by atoms with Gasteiger partial charge in [-0.05, 0) is 18.2 Å². The maximum Gasteiger partial charge on any atom is 0.240 e. The van der Waals surface area contributed by atoms with Gasteiger partial charge in [0.2, 0.25) is 10.0 Å². The van der Waals surface area contributed by atoms with Gasteiger partial charge in [-0.2, -0.15) is 0 Å². The highest BCUT2D eigenvalue weighted by atomic mass is 35.5. The van der Waals surface area contributed by atoms with Crippen LogP contribution in [-0.2, 0) is 14.8 Å². The molecule has 0 spiro atoms. The molecule has 0 heterocycles. The smallest absolute Gasteiger partial charge is 0.240 e. The SMILES string of the molecule is COCCNCCNS(=O)(=O)c1cc(F)cc(Cl)c1.Cl. The molecule has 0 fully saturated rings. The van der Waals surface area contributed by atoms with Crippen molar-refractivity contribution < 1.29 is 17.5 Å². The molecule has 116 valence electrons. The molecule has 0 aliphatic carbocycles. The molecule has 9 heteroatoms. The summed E-state index contributed by atoms with van der Waals surface area (Å²) in [5.41, 5.74) is 0. The monoisotopic (exact) mass is 346 g/mol. The highest BCUT2D eigenvalue weighted by Crippen LogP contribution is 2.17. The second-order valence-electron chi connectivity index (χ2n) is 3.75. The molecular formula is C11H17Cl2FN2O3S. The summed E-state index contributed by atoms with van der Waals surface area (Å²) >= 11 is 5.62. The van der Waals surface area contributed by atoms with Gasteiger partial charge in [-0.3, -0.25) is 0 Å². The topological polar surface area (TPSA) is 67.4 Å². The molecule has 0 atom stereocenters. The van der Waals surface area contributed by atoms with Gasteiger partial charge in [0, 0.05) is 31.8 Å². The van der Waals surface area contributed by atoms with Crippen LogP contribution in [-0.4, -0.2) is 41.8 Å². The Morgan fingerprint density at radius 3 is 2.55 bits per heavy atom. The highest BCUT2D eigenvalue weighted by Gasteiger charge is 2.15. The van der Waals surface area contributed by atoms with Crippen molar-refractivity contribution in [1.29, 1.82) is 0 Å². The number of ether oxygens (including phenoxy) is 1. The van der Waals surface area contributed by atoms with E-state index in [0.29, 0.717) is 19.7 Å². The lowest BCUT2D eigenvalue weighted by Gasteiger charge is -2.08. The Morgan fingerprint density at radius 1 is 1.25 bits per heavy atom. The van der Waals surface area contributed by atoms with Gasteiger partial charge in [0.1, 0.15) is 5.82 Å². The minimum absolute atomic E-state index is 0. The molecule has 5 nitrogen and oxygen atoms in total. The first-order valence-corrected chi connectivity index (χ1v) is 7.47. The largest absolute Gasteiger partial charge is 0.383 e. The summed E-state index contributed by atoms with van der Waals surface area (Å²) in [6, 6.07) is 3.17. The molecule has 20 heavy (non-hydrogen) atoms. The van der Waals surface area contributed by atoms with E-state index in [2.05, 4.69) is 10.0 Å². The third-order valence-corrected chi connectivity index (χ3v) is 3.88. The predicted octanol–water partition coefficient (Wildman–Crippen LogP) is 1.42. The van der Waals surface area contributed by atoms with Crippen LogP contribution in [0.15, 0.2) is 23.1 Å². The average molecular weight is 347 g/mol. The molecular weight excluding hydrogens is 330 g/mol. The molecule has 0 aromatic heterocycles. The molecule has 1 rings (SSSR count). The fourth-order valence-corrected chi connectivity index (χ4v) is 2.71. The summed E-state index contributed by atoms with van der Waals surface area (Å²) in [6.07, 6.45) is 0. The second-order valence-corrected chi connectivity index (χ2v) is 5.95. The van der Waals surface area contributed by atoms with Crippen LogP contribution in [0.5, 0.6) is 0 Å². The molecule has 0 aliphatic rings. The van der Waals surface area contributed by atoms with Crippen molar-refractivity contribution >= 4 is 34.0 Å². The summed E-state index contributed by atoms with van der Waals surface area (Å²) in [7, 11) is -2.16. The van der Waals surface area contributed by atoms with E-state index >= 15 is 0 Å². The summed E-state index contributed by atoms with van der Waals surface area (Å²) in [6.45, 7) is 1.82. The number of rotatable bonds is 8. The van der Waals surface area contributed by atoms with Crippen LogP contribution in [0.2, 0.25) is 5.02 Å². The number of hydrogen-bond acceptors (Lipinski definition) is 4. The lowest BCUT2D eigenvalue weighted by molar-refractivity contribution is 0.199. The van der Waals surface area contributed by atoms with Crippen molar-refractivity contribution in [1.82, 2.24) is 10.0 Å². The number of halogens is 3. The predicted molar refractivity (Wildman–Crippen MR) is 78.6 cm³/mol. The van der Waals surface area contributed by atoms with E-state index in [4.69, 9.17) is 16.3 Å². The Bertz CT molecular complexity index is 494. The van der Waals surface area contributed by atoms with Crippen LogP contribution in [0.25, 0.3) is 0 Å². The Balaban J connectivity index is 0.00000361. The first kappa shape index (κ1) is 19.6. The minimum Gasteiger partial charge on any atom is -0.383 e. The Morgan fingerprint density at radius 2 is 1.95 bits per heavy atom. The molecule has 1 aromatic carbocycles. The first-order valence-electron chi connectivity index (χ1n) is 5.61. The van der Waals surface area contributed by atoms with Crippen molar-refractivity contribution in [2.24, 2.45) is 0 Å². The standard InChI is InChI=1S/C11H16ClFN2O3S.ClH/c1-18-5-4-14-2-3-15-19(16,17)11-7-9(12)6-10(13)8-11;/h6-8,14-15H,2-5H2,1H3;1H. The van der Waals surface area contributed by atoms with E-state index in [9.17, 15) is 12.8 Å². The zero-order valence-corrected chi connectivity index (χ0v) is 13.2. The molecule has 0 saturated heterocycles. The average Bonchev–Trinajstić information content (AvgIpc) is 2.32. The first-order chi connectivity index (χ1) is 8.95. The van der Waals surface area contributed by atoms with E-state index in [1.54, 1.807) is 7.11 Å². The maximum absolute atomic E-state index is 13.1. The van der Waals surface area contributed by atoms with Gasteiger partial charge >= 0.3 is 0 Å². The van der Waals surface area contributed by atoms with E-state index in [1.807, 2.05) is 0 Å². The van der Waals surface area contributed by atoms with Crippen molar-refractivity contribution in [2.45, 2.75) is 4.90 Å². The van der Waals surface area contributed by atoms with Crippen LogP contribution < -0.4 is 10.0 Å². The van der Waals surface area contributed by atoms with Crippen LogP contribution >= 0.6 is 24.0 Å². The third kappa shape index (κ3) is 6.83. The molecule has 0 amide bonds. The van der Waals surface area contributed by atoms with Gasteiger partial charge in [0.15, 0.2) is 0 Å². The minimum atomic E-state index is -3.74. The highest BCUT2D eigenvalue weighted by molar-refractivity contribution is 7.89. The molecule has 0 bridgehead atoms. The zero-order valence-electron chi connectivity index (χ0n) is 10.9. The number of methoxy groups -OCH3 is 1. The lowest BCUT2D eigenvalue weighted by Crippen LogP contribution is -2.33. The zero-order chi connectivity index (χ0) is 14.3. The van der Waals surface area contributed by atoms with Gasteiger partial charge < -0.3 is 10.1 Å². The van der Waals surface area contributed by atoms with Crippen LogP contribution in [0.3, 0.4) is 0 Å². The summed E-state index contributed by atoms with van der Waals surface area (Å²) in [4.78, 5) is -0.186. The van der Waals surface area contributed by atoms with Crippen LogP contribution in [0.1, 0.15) is 0 Å². The van der Waals surface area contributed by atoms with E-state index < -0.39 is 15.8 Å². The normalized spacial score (nSPS) is 11.2. The van der Waals surface area contributed by atoms with Crippen molar-refractivity contribution in [2.75, 3.05) is 33.4 Å². The van der Waals surface area contributed by atoms with Gasteiger partial charge in [0.25, 0.3) is 0 Å². The summed E-state index contributed by atoms with van der Waals surface area (Å²) in [5.74, 6) is -0.689.